The maximum absolute atomic E-state index is 12.0. The highest BCUT2D eigenvalue weighted by atomic mass is 16.4. The van der Waals surface area contributed by atoms with Crippen molar-refractivity contribution in [2.24, 2.45) is 0 Å². The van der Waals surface area contributed by atoms with Crippen LogP contribution in [0.5, 0.6) is 0 Å². The van der Waals surface area contributed by atoms with Crippen molar-refractivity contribution >= 4 is 17.6 Å². The summed E-state index contributed by atoms with van der Waals surface area (Å²) in [5, 5.41) is 11.5. The van der Waals surface area contributed by atoms with E-state index in [1.165, 1.54) is 0 Å². The molecule has 19 heavy (non-hydrogen) atoms. The molecule has 0 spiro atoms. The number of benzene rings is 1. The van der Waals surface area contributed by atoms with Crippen LogP contribution in [0, 0.1) is 0 Å². The lowest BCUT2D eigenvalue weighted by Gasteiger charge is -2.16. The van der Waals surface area contributed by atoms with Crippen LogP contribution in [0.1, 0.15) is 30.1 Å². The van der Waals surface area contributed by atoms with E-state index >= 15 is 0 Å². The number of anilines is 1. The number of carboxylic acid groups (broad SMARTS) is 1. The second-order valence-corrected chi connectivity index (χ2v) is 4.62. The summed E-state index contributed by atoms with van der Waals surface area (Å²) in [6.45, 7) is 1.85. The third-order valence-electron chi connectivity index (χ3n) is 2.89. The quantitative estimate of drug-likeness (QED) is 0.821. The predicted octanol–water partition coefficient (Wildman–Crippen LogP) is 1.74. The standard InChI is InChI=1S/C14H20N2O3/c1-4-11(9-13(17)18)15-14(19)10-5-7-12(8-6-10)16(2)3/h5-8,11H,4,9H2,1-3H3,(H,15,19)(H,17,18). The van der Waals surface area contributed by atoms with E-state index in [9.17, 15) is 9.59 Å². The van der Waals surface area contributed by atoms with Crippen molar-refractivity contribution in [3.8, 4) is 0 Å². The van der Waals surface area contributed by atoms with Crippen LogP contribution in [0.3, 0.4) is 0 Å². The summed E-state index contributed by atoms with van der Waals surface area (Å²) in [5.41, 5.74) is 1.54. The highest BCUT2D eigenvalue weighted by Gasteiger charge is 2.15. The number of nitrogens with zero attached hydrogens (tertiary/aromatic N) is 1. The molecule has 0 fully saturated rings. The number of carbonyl (C=O) groups excluding carboxylic acids is 1. The van der Waals surface area contributed by atoms with Gasteiger partial charge in [0.25, 0.3) is 5.91 Å². The van der Waals surface area contributed by atoms with Crippen LogP contribution >= 0.6 is 0 Å². The molecule has 1 amide bonds. The van der Waals surface area contributed by atoms with Gasteiger partial charge in [0.2, 0.25) is 0 Å². The Hall–Kier alpha value is -2.04. The molecule has 0 aliphatic heterocycles. The van der Waals surface area contributed by atoms with Gasteiger partial charge in [-0.05, 0) is 30.7 Å². The van der Waals surface area contributed by atoms with Crippen LogP contribution in [0.15, 0.2) is 24.3 Å². The summed E-state index contributed by atoms with van der Waals surface area (Å²) in [7, 11) is 3.85. The summed E-state index contributed by atoms with van der Waals surface area (Å²) in [4.78, 5) is 24.6. The molecule has 104 valence electrons. The van der Waals surface area contributed by atoms with Crippen molar-refractivity contribution in [3.05, 3.63) is 29.8 Å². The maximum atomic E-state index is 12.0. The molecule has 1 aromatic carbocycles. The predicted molar refractivity (Wildman–Crippen MR) is 74.6 cm³/mol. The SMILES string of the molecule is CCC(CC(=O)O)NC(=O)c1ccc(N(C)C)cc1. The first kappa shape index (κ1) is 15.0. The Balaban J connectivity index is 2.69. The molecule has 1 rings (SSSR count). The van der Waals surface area contributed by atoms with Gasteiger partial charge in [-0.25, -0.2) is 0 Å². The van der Waals surface area contributed by atoms with Crippen molar-refractivity contribution in [2.45, 2.75) is 25.8 Å². The fourth-order valence-corrected chi connectivity index (χ4v) is 1.69. The van der Waals surface area contributed by atoms with Crippen LogP contribution < -0.4 is 10.2 Å². The number of nitrogens with one attached hydrogen (secondary N) is 1. The molecule has 1 aromatic rings. The van der Waals surface area contributed by atoms with E-state index in [2.05, 4.69) is 5.32 Å². The Morgan fingerprint density at radius 2 is 1.84 bits per heavy atom. The van der Waals surface area contributed by atoms with E-state index in [1.54, 1.807) is 12.1 Å². The number of carboxylic acids is 1. The molecule has 0 bridgehead atoms. The Bertz CT molecular complexity index is 441. The van der Waals surface area contributed by atoms with Crippen molar-refractivity contribution in [2.75, 3.05) is 19.0 Å². The molecule has 1 unspecified atom stereocenters. The smallest absolute Gasteiger partial charge is 0.305 e. The zero-order chi connectivity index (χ0) is 14.4. The van der Waals surface area contributed by atoms with Gasteiger partial charge in [0.05, 0.1) is 6.42 Å². The van der Waals surface area contributed by atoms with Gasteiger partial charge in [-0.15, -0.1) is 0 Å². The maximum Gasteiger partial charge on any atom is 0.305 e. The Morgan fingerprint density at radius 1 is 1.26 bits per heavy atom. The van der Waals surface area contributed by atoms with Gasteiger partial charge in [0, 0.05) is 31.4 Å². The lowest BCUT2D eigenvalue weighted by molar-refractivity contribution is -0.137. The summed E-state index contributed by atoms with van der Waals surface area (Å²) in [6.07, 6.45) is 0.534. The average molecular weight is 264 g/mol. The monoisotopic (exact) mass is 264 g/mol. The average Bonchev–Trinajstić information content (AvgIpc) is 2.37. The second kappa shape index (κ2) is 6.78. The van der Waals surface area contributed by atoms with E-state index in [0.717, 1.165) is 5.69 Å². The second-order valence-electron chi connectivity index (χ2n) is 4.62. The summed E-state index contributed by atoms with van der Waals surface area (Å²) >= 11 is 0. The number of amides is 1. The van der Waals surface area contributed by atoms with Crippen molar-refractivity contribution < 1.29 is 14.7 Å². The summed E-state index contributed by atoms with van der Waals surface area (Å²) in [5.74, 6) is -1.14. The fraction of sp³-hybridized carbons (Fsp3) is 0.429. The van der Waals surface area contributed by atoms with Gasteiger partial charge in [0.1, 0.15) is 0 Å². The molecule has 1 atom stereocenters. The van der Waals surface area contributed by atoms with E-state index < -0.39 is 5.97 Å². The molecule has 0 saturated heterocycles. The molecule has 0 aromatic heterocycles. The Kier molecular flexibility index (Phi) is 5.36. The molecule has 2 N–H and O–H groups in total. The van der Waals surface area contributed by atoms with E-state index in [-0.39, 0.29) is 18.4 Å². The third kappa shape index (κ3) is 4.62. The molecule has 0 saturated carbocycles. The number of hydrogen-bond acceptors (Lipinski definition) is 3. The van der Waals surface area contributed by atoms with Crippen LogP contribution in [0.4, 0.5) is 5.69 Å². The first-order valence-corrected chi connectivity index (χ1v) is 6.24. The van der Waals surface area contributed by atoms with Gasteiger partial charge in [-0.1, -0.05) is 6.92 Å². The van der Waals surface area contributed by atoms with Crippen LogP contribution in [-0.2, 0) is 4.79 Å². The Labute approximate surface area is 113 Å². The molecule has 0 heterocycles. The zero-order valence-corrected chi connectivity index (χ0v) is 11.5. The minimum Gasteiger partial charge on any atom is -0.481 e. The molecule has 0 radical (unpaired) electrons. The lowest BCUT2D eigenvalue weighted by Crippen LogP contribution is -2.36. The van der Waals surface area contributed by atoms with Crippen molar-refractivity contribution in [1.29, 1.82) is 0 Å². The molecular weight excluding hydrogens is 244 g/mol. The minimum absolute atomic E-state index is 0.0575. The highest BCUT2D eigenvalue weighted by molar-refractivity contribution is 5.94. The first-order chi connectivity index (χ1) is 8.93. The van der Waals surface area contributed by atoms with Crippen molar-refractivity contribution in [3.63, 3.8) is 0 Å². The largest absolute Gasteiger partial charge is 0.481 e. The fourth-order valence-electron chi connectivity index (χ4n) is 1.69. The topological polar surface area (TPSA) is 69.6 Å². The third-order valence-corrected chi connectivity index (χ3v) is 2.89. The minimum atomic E-state index is -0.907. The first-order valence-electron chi connectivity index (χ1n) is 6.24. The molecule has 0 aliphatic carbocycles. The molecule has 5 heteroatoms. The van der Waals surface area contributed by atoms with Crippen LogP contribution in [0.2, 0.25) is 0 Å². The lowest BCUT2D eigenvalue weighted by atomic mass is 10.1. The zero-order valence-electron chi connectivity index (χ0n) is 11.5. The van der Waals surface area contributed by atoms with Crippen molar-refractivity contribution in [1.82, 2.24) is 5.32 Å². The number of aliphatic carboxylic acids is 1. The van der Waals surface area contributed by atoms with Gasteiger partial charge in [-0.3, -0.25) is 9.59 Å². The Morgan fingerprint density at radius 3 is 2.26 bits per heavy atom. The highest BCUT2D eigenvalue weighted by Crippen LogP contribution is 2.12. The van der Waals surface area contributed by atoms with E-state index in [4.69, 9.17) is 5.11 Å². The van der Waals surface area contributed by atoms with Gasteiger partial charge in [-0.2, -0.15) is 0 Å². The number of hydrogen-bond donors (Lipinski definition) is 2. The van der Waals surface area contributed by atoms with E-state index in [1.807, 2.05) is 38.1 Å². The van der Waals surface area contributed by atoms with Crippen LogP contribution in [0.25, 0.3) is 0 Å². The molecular formula is C14H20N2O3. The van der Waals surface area contributed by atoms with Gasteiger partial charge < -0.3 is 15.3 Å². The van der Waals surface area contributed by atoms with Gasteiger partial charge in [0.15, 0.2) is 0 Å². The summed E-state index contributed by atoms with van der Waals surface area (Å²) in [6, 6.07) is 6.84. The van der Waals surface area contributed by atoms with E-state index in [0.29, 0.717) is 12.0 Å². The van der Waals surface area contributed by atoms with Crippen LogP contribution in [-0.4, -0.2) is 37.1 Å². The summed E-state index contributed by atoms with van der Waals surface area (Å²) < 4.78 is 0. The molecule has 5 nitrogen and oxygen atoms in total. The number of carbonyl (C=O) groups is 2. The normalized spacial score (nSPS) is 11.7. The number of rotatable bonds is 6. The molecule has 0 aliphatic rings. The van der Waals surface area contributed by atoms with Gasteiger partial charge >= 0.3 is 5.97 Å².